The average Bonchev–Trinajstić information content (AvgIpc) is 3.20. The average molecular weight is 378 g/mol. The lowest BCUT2D eigenvalue weighted by molar-refractivity contribution is -0.126. The SMILES string of the molecule is COc1ccc(N2C[C@@H](C(=O)NCCc3ncnn3C)CC2=O)cc1Cl. The Morgan fingerprint density at radius 1 is 1.46 bits per heavy atom. The minimum Gasteiger partial charge on any atom is -0.495 e. The van der Waals surface area contributed by atoms with Gasteiger partial charge in [-0.25, -0.2) is 4.98 Å². The number of hydrogen-bond acceptors (Lipinski definition) is 5. The van der Waals surface area contributed by atoms with Crippen LogP contribution in [-0.4, -0.2) is 46.8 Å². The van der Waals surface area contributed by atoms with Gasteiger partial charge in [0.05, 0.1) is 18.1 Å². The monoisotopic (exact) mass is 377 g/mol. The van der Waals surface area contributed by atoms with Crippen LogP contribution in [0.4, 0.5) is 5.69 Å². The Kier molecular flexibility index (Phi) is 5.41. The Hall–Kier alpha value is -2.61. The highest BCUT2D eigenvalue weighted by Crippen LogP contribution is 2.32. The maximum absolute atomic E-state index is 12.4. The Bertz CT molecular complexity index is 822. The number of halogens is 1. The van der Waals surface area contributed by atoms with Gasteiger partial charge in [0.15, 0.2) is 0 Å². The number of rotatable bonds is 6. The van der Waals surface area contributed by atoms with E-state index in [1.165, 1.54) is 13.4 Å². The van der Waals surface area contributed by atoms with Gasteiger partial charge in [-0.15, -0.1) is 0 Å². The van der Waals surface area contributed by atoms with Crippen molar-refractivity contribution in [3.63, 3.8) is 0 Å². The summed E-state index contributed by atoms with van der Waals surface area (Å²) in [4.78, 5) is 30.4. The molecule has 2 aromatic rings. The zero-order chi connectivity index (χ0) is 18.7. The van der Waals surface area contributed by atoms with E-state index in [9.17, 15) is 9.59 Å². The predicted octanol–water partition coefficient (Wildman–Crippen LogP) is 1.19. The number of nitrogens with one attached hydrogen (secondary N) is 1. The Morgan fingerprint density at radius 2 is 2.27 bits per heavy atom. The number of benzene rings is 1. The van der Waals surface area contributed by atoms with Crippen LogP contribution in [0.15, 0.2) is 24.5 Å². The molecule has 2 amide bonds. The fourth-order valence-electron chi connectivity index (χ4n) is 2.94. The summed E-state index contributed by atoms with van der Waals surface area (Å²) in [6.07, 6.45) is 2.24. The number of carbonyl (C=O) groups excluding carboxylic acids is 2. The van der Waals surface area contributed by atoms with Gasteiger partial charge in [0.2, 0.25) is 11.8 Å². The number of methoxy groups -OCH3 is 1. The fraction of sp³-hybridized carbons (Fsp3) is 0.412. The summed E-state index contributed by atoms with van der Waals surface area (Å²) in [7, 11) is 3.33. The molecular formula is C17H20ClN5O3. The van der Waals surface area contributed by atoms with Gasteiger partial charge in [-0.2, -0.15) is 5.10 Å². The van der Waals surface area contributed by atoms with Gasteiger partial charge in [0.1, 0.15) is 17.9 Å². The lowest BCUT2D eigenvalue weighted by Gasteiger charge is -2.17. The van der Waals surface area contributed by atoms with E-state index in [1.54, 1.807) is 34.8 Å². The molecule has 0 radical (unpaired) electrons. The predicted molar refractivity (Wildman–Crippen MR) is 96.2 cm³/mol. The number of amides is 2. The lowest BCUT2D eigenvalue weighted by atomic mass is 10.1. The number of aryl methyl sites for hydroxylation is 1. The first-order valence-electron chi connectivity index (χ1n) is 8.24. The molecule has 1 saturated heterocycles. The summed E-state index contributed by atoms with van der Waals surface area (Å²) in [5.74, 6) is 0.715. The van der Waals surface area contributed by atoms with Crippen molar-refractivity contribution < 1.29 is 14.3 Å². The molecule has 3 rings (SSSR count). The first kappa shape index (κ1) is 18.2. The van der Waals surface area contributed by atoms with Gasteiger partial charge in [-0.1, -0.05) is 11.6 Å². The quantitative estimate of drug-likeness (QED) is 0.816. The van der Waals surface area contributed by atoms with Gasteiger partial charge < -0.3 is 15.0 Å². The van der Waals surface area contributed by atoms with E-state index in [-0.39, 0.29) is 24.2 Å². The maximum atomic E-state index is 12.4. The van der Waals surface area contributed by atoms with E-state index in [2.05, 4.69) is 15.4 Å². The van der Waals surface area contributed by atoms with Crippen LogP contribution in [0.3, 0.4) is 0 Å². The standard InChI is InChI=1S/C17H20ClN5O3/c1-22-15(20-10-21-22)5-6-19-17(25)11-7-16(24)23(9-11)12-3-4-14(26-2)13(18)8-12/h3-4,8,10-11H,5-7,9H2,1-2H3,(H,19,25)/t11-/m0/s1. The molecule has 2 heterocycles. The maximum Gasteiger partial charge on any atom is 0.227 e. The van der Waals surface area contributed by atoms with Gasteiger partial charge in [0, 0.05) is 38.7 Å². The van der Waals surface area contributed by atoms with Gasteiger partial charge in [-0.05, 0) is 18.2 Å². The molecule has 0 aliphatic carbocycles. The summed E-state index contributed by atoms with van der Waals surface area (Å²) >= 11 is 6.13. The third-order valence-corrected chi connectivity index (χ3v) is 4.69. The second-order valence-corrected chi connectivity index (χ2v) is 6.47. The molecule has 8 nitrogen and oxygen atoms in total. The van der Waals surface area contributed by atoms with E-state index in [4.69, 9.17) is 16.3 Å². The van der Waals surface area contributed by atoms with Gasteiger partial charge in [-0.3, -0.25) is 14.3 Å². The van der Waals surface area contributed by atoms with Crippen molar-refractivity contribution in [1.82, 2.24) is 20.1 Å². The van der Waals surface area contributed by atoms with Crippen molar-refractivity contribution in [2.75, 3.05) is 25.1 Å². The molecule has 0 unspecified atom stereocenters. The molecule has 26 heavy (non-hydrogen) atoms. The molecule has 138 valence electrons. The molecule has 0 spiro atoms. The molecule has 1 aliphatic heterocycles. The van der Waals surface area contributed by atoms with Crippen molar-refractivity contribution >= 4 is 29.1 Å². The van der Waals surface area contributed by atoms with E-state index in [1.807, 2.05) is 0 Å². The largest absolute Gasteiger partial charge is 0.495 e. The fourth-order valence-corrected chi connectivity index (χ4v) is 3.20. The van der Waals surface area contributed by atoms with Crippen molar-refractivity contribution in [3.8, 4) is 5.75 Å². The first-order chi connectivity index (χ1) is 12.5. The molecule has 1 aromatic carbocycles. The summed E-state index contributed by atoms with van der Waals surface area (Å²) in [5.41, 5.74) is 0.662. The summed E-state index contributed by atoms with van der Waals surface area (Å²) < 4.78 is 6.79. The normalized spacial score (nSPS) is 16.8. The lowest BCUT2D eigenvalue weighted by Crippen LogP contribution is -2.34. The smallest absolute Gasteiger partial charge is 0.227 e. The zero-order valence-electron chi connectivity index (χ0n) is 14.6. The molecule has 1 fully saturated rings. The van der Waals surface area contributed by atoms with Crippen LogP contribution < -0.4 is 15.0 Å². The Morgan fingerprint density at radius 3 is 2.92 bits per heavy atom. The van der Waals surface area contributed by atoms with Crippen LogP contribution in [0.1, 0.15) is 12.2 Å². The molecule has 1 N–H and O–H groups in total. The van der Waals surface area contributed by atoms with Crippen molar-refractivity contribution in [1.29, 1.82) is 0 Å². The number of anilines is 1. The van der Waals surface area contributed by atoms with Crippen LogP contribution in [-0.2, 0) is 23.1 Å². The van der Waals surface area contributed by atoms with E-state index < -0.39 is 0 Å². The van der Waals surface area contributed by atoms with Crippen LogP contribution in [0.25, 0.3) is 0 Å². The number of ether oxygens (including phenoxy) is 1. The van der Waals surface area contributed by atoms with Crippen molar-refractivity contribution in [3.05, 3.63) is 35.4 Å². The number of carbonyl (C=O) groups is 2. The molecular weight excluding hydrogens is 358 g/mol. The van der Waals surface area contributed by atoms with E-state index >= 15 is 0 Å². The molecule has 1 aromatic heterocycles. The molecule has 9 heteroatoms. The molecule has 0 bridgehead atoms. The van der Waals surface area contributed by atoms with Gasteiger partial charge >= 0.3 is 0 Å². The zero-order valence-corrected chi connectivity index (χ0v) is 15.4. The van der Waals surface area contributed by atoms with Crippen LogP contribution in [0, 0.1) is 5.92 Å². The van der Waals surface area contributed by atoms with E-state index in [0.717, 1.165) is 5.82 Å². The van der Waals surface area contributed by atoms with Crippen molar-refractivity contribution in [2.45, 2.75) is 12.8 Å². The highest BCUT2D eigenvalue weighted by Gasteiger charge is 2.35. The Balaban J connectivity index is 1.57. The molecule has 0 saturated carbocycles. The van der Waals surface area contributed by atoms with Crippen LogP contribution in [0.2, 0.25) is 5.02 Å². The third kappa shape index (κ3) is 3.80. The first-order valence-corrected chi connectivity index (χ1v) is 8.62. The van der Waals surface area contributed by atoms with Crippen LogP contribution in [0.5, 0.6) is 5.75 Å². The summed E-state index contributed by atoms with van der Waals surface area (Å²) in [5, 5.41) is 7.28. The molecule has 1 atom stereocenters. The number of nitrogens with zero attached hydrogens (tertiary/aromatic N) is 4. The Labute approximate surface area is 156 Å². The van der Waals surface area contributed by atoms with Crippen molar-refractivity contribution in [2.24, 2.45) is 13.0 Å². The third-order valence-electron chi connectivity index (χ3n) is 4.40. The minimum atomic E-state index is -0.386. The molecule has 1 aliphatic rings. The topological polar surface area (TPSA) is 89.3 Å². The second kappa shape index (κ2) is 7.74. The van der Waals surface area contributed by atoms with E-state index in [0.29, 0.717) is 36.0 Å². The number of aromatic nitrogens is 3. The van der Waals surface area contributed by atoms with Gasteiger partial charge in [0.25, 0.3) is 0 Å². The summed E-state index contributed by atoms with van der Waals surface area (Å²) in [6.45, 7) is 0.779. The summed E-state index contributed by atoms with van der Waals surface area (Å²) in [6, 6.07) is 5.14. The highest BCUT2D eigenvalue weighted by atomic mass is 35.5. The highest BCUT2D eigenvalue weighted by molar-refractivity contribution is 6.32. The second-order valence-electron chi connectivity index (χ2n) is 6.07. The number of hydrogen-bond donors (Lipinski definition) is 1. The minimum absolute atomic E-state index is 0.0975. The van der Waals surface area contributed by atoms with Crippen LogP contribution >= 0.6 is 11.6 Å².